The molecule has 1 unspecified atom stereocenters. The van der Waals surface area contributed by atoms with Crippen molar-refractivity contribution in [2.45, 2.75) is 25.8 Å². The Labute approximate surface area is 116 Å². The third kappa shape index (κ3) is 4.44. The second-order valence-corrected chi connectivity index (χ2v) is 5.80. The first kappa shape index (κ1) is 14.8. The summed E-state index contributed by atoms with van der Waals surface area (Å²) in [6, 6.07) is 0.403. The van der Waals surface area contributed by atoms with Crippen LogP contribution in [0.1, 0.15) is 19.8 Å². The molecule has 2 aliphatic rings. The van der Waals surface area contributed by atoms with Gasteiger partial charge in [0.15, 0.2) is 0 Å². The highest BCUT2D eigenvalue weighted by molar-refractivity contribution is 5.78. The molecule has 0 saturated carbocycles. The van der Waals surface area contributed by atoms with E-state index >= 15 is 0 Å². The molecule has 2 heterocycles. The van der Waals surface area contributed by atoms with Gasteiger partial charge in [-0.3, -0.25) is 4.79 Å². The predicted molar refractivity (Wildman–Crippen MR) is 75.1 cm³/mol. The number of hydrogen-bond donors (Lipinski definition) is 1. The van der Waals surface area contributed by atoms with Crippen LogP contribution >= 0.6 is 0 Å². The van der Waals surface area contributed by atoms with Gasteiger partial charge in [0.05, 0.1) is 6.54 Å². The lowest BCUT2D eigenvalue weighted by atomic mass is 9.93. The first-order chi connectivity index (χ1) is 9.16. The maximum Gasteiger partial charge on any atom is 0.236 e. The minimum atomic E-state index is 0.243. The Kier molecular flexibility index (Phi) is 5.60. The van der Waals surface area contributed by atoms with E-state index < -0.39 is 0 Å². The number of amides is 1. The van der Waals surface area contributed by atoms with E-state index in [1.165, 1.54) is 0 Å². The highest BCUT2D eigenvalue weighted by Crippen LogP contribution is 2.18. The molecule has 0 spiro atoms. The lowest BCUT2D eigenvalue weighted by molar-refractivity contribution is -0.132. The number of carbonyl (C=O) groups excluding carboxylic acids is 1. The number of rotatable bonds is 4. The van der Waals surface area contributed by atoms with E-state index in [-0.39, 0.29) is 5.91 Å². The molecule has 0 aromatic rings. The van der Waals surface area contributed by atoms with Crippen LogP contribution in [0.2, 0.25) is 0 Å². The normalized spacial score (nSPS) is 24.4. The summed E-state index contributed by atoms with van der Waals surface area (Å²) < 4.78 is 5.37. The number of nitrogens with zero attached hydrogens (tertiary/aromatic N) is 2. The van der Waals surface area contributed by atoms with Gasteiger partial charge in [0.1, 0.15) is 0 Å². The predicted octanol–water partition coefficient (Wildman–Crippen LogP) is 0.165. The van der Waals surface area contributed by atoms with Crippen molar-refractivity contribution in [2.24, 2.45) is 5.92 Å². The van der Waals surface area contributed by atoms with E-state index in [1.807, 2.05) is 4.90 Å². The maximum absolute atomic E-state index is 12.1. The molecule has 2 rings (SSSR count). The van der Waals surface area contributed by atoms with Crippen LogP contribution in [0.4, 0.5) is 0 Å². The maximum atomic E-state index is 12.1. The molecule has 2 aliphatic heterocycles. The van der Waals surface area contributed by atoms with Gasteiger partial charge < -0.3 is 19.9 Å². The fourth-order valence-electron chi connectivity index (χ4n) is 2.80. The topological polar surface area (TPSA) is 44.8 Å². The van der Waals surface area contributed by atoms with Gasteiger partial charge in [-0.25, -0.2) is 0 Å². The zero-order valence-electron chi connectivity index (χ0n) is 12.2. The van der Waals surface area contributed by atoms with Crippen LogP contribution < -0.4 is 5.32 Å². The highest BCUT2D eigenvalue weighted by atomic mass is 16.5. The third-order valence-corrected chi connectivity index (χ3v) is 4.40. The summed E-state index contributed by atoms with van der Waals surface area (Å²) in [5, 5.41) is 3.40. The molecule has 19 heavy (non-hydrogen) atoms. The van der Waals surface area contributed by atoms with Gasteiger partial charge in [0, 0.05) is 45.4 Å². The molecule has 5 heteroatoms. The lowest BCUT2D eigenvalue weighted by Gasteiger charge is -2.33. The van der Waals surface area contributed by atoms with Crippen molar-refractivity contribution in [1.82, 2.24) is 15.1 Å². The van der Waals surface area contributed by atoms with Gasteiger partial charge in [-0.15, -0.1) is 0 Å². The van der Waals surface area contributed by atoms with E-state index in [1.54, 1.807) is 0 Å². The minimum absolute atomic E-state index is 0.243. The number of piperazine rings is 1. The molecular formula is C14H27N3O2. The zero-order chi connectivity index (χ0) is 13.7. The van der Waals surface area contributed by atoms with Gasteiger partial charge in [-0.2, -0.15) is 0 Å². The number of ether oxygens (including phenoxy) is 1. The molecule has 5 nitrogen and oxygen atoms in total. The third-order valence-electron chi connectivity index (χ3n) is 4.40. The quantitative estimate of drug-likeness (QED) is 0.790. The molecule has 2 saturated heterocycles. The van der Waals surface area contributed by atoms with Crippen molar-refractivity contribution >= 4 is 5.91 Å². The van der Waals surface area contributed by atoms with Crippen molar-refractivity contribution in [3.63, 3.8) is 0 Å². The number of carbonyl (C=O) groups is 1. The van der Waals surface area contributed by atoms with Crippen LogP contribution in [0.15, 0.2) is 0 Å². The van der Waals surface area contributed by atoms with Crippen molar-refractivity contribution in [1.29, 1.82) is 0 Å². The van der Waals surface area contributed by atoms with Gasteiger partial charge in [0.2, 0.25) is 5.91 Å². The zero-order valence-corrected chi connectivity index (χ0v) is 12.2. The fourth-order valence-corrected chi connectivity index (χ4v) is 2.80. The van der Waals surface area contributed by atoms with Crippen molar-refractivity contribution in [2.75, 3.05) is 53.0 Å². The number of hydrogen-bond acceptors (Lipinski definition) is 4. The number of likely N-dealkylation sites (N-methyl/N-ethyl adjacent to an activating group) is 1. The molecule has 0 aromatic heterocycles. The van der Waals surface area contributed by atoms with E-state index in [0.29, 0.717) is 18.5 Å². The molecule has 1 amide bonds. The summed E-state index contributed by atoms with van der Waals surface area (Å²) in [5.74, 6) is 0.890. The molecular weight excluding hydrogens is 242 g/mol. The van der Waals surface area contributed by atoms with E-state index in [0.717, 1.165) is 52.2 Å². The van der Waals surface area contributed by atoms with E-state index in [9.17, 15) is 4.79 Å². The van der Waals surface area contributed by atoms with Gasteiger partial charge in [0.25, 0.3) is 0 Å². The fraction of sp³-hybridized carbons (Fsp3) is 0.929. The van der Waals surface area contributed by atoms with Crippen molar-refractivity contribution < 1.29 is 9.53 Å². The molecule has 110 valence electrons. The Bertz CT molecular complexity index is 284. The van der Waals surface area contributed by atoms with Crippen LogP contribution in [0.25, 0.3) is 0 Å². The molecule has 0 aliphatic carbocycles. The highest BCUT2D eigenvalue weighted by Gasteiger charge is 2.23. The standard InChI is InChI=1S/C14H27N3O2/c1-12(13-3-9-19-10-4-13)15-11-14(18)17-7-5-16(2)6-8-17/h12-13,15H,3-11H2,1-2H3. The smallest absolute Gasteiger partial charge is 0.236 e. The summed E-state index contributed by atoms with van der Waals surface area (Å²) in [6.45, 7) is 8.09. The van der Waals surface area contributed by atoms with Crippen LogP contribution in [0, 0.1) is 5.92 Å². The Hall–Kier alpha value is -0.650. The molecule has 0 radical (unpaired) electrons. The summed E-state index contributed by atoms with van der Waals surface area (Å²) >= 11 is 0. The van der Waals surface area contributed by atoms with Crippen LogP contribution in [-0.4, -0.2) is 74.7 Å². The average molecular weight is 269 g/mol. The number of nitrogens with one attached hydrogen (secondary N) is 1. The molecule has 2 fully saturated rings. The second kappa shape index (κ2) is 7.22. The summed E-state index contributed by atoms with van der Waals surface area (Å²) in [5.41, 5.74) is 0. The average Bonchev–Trinajstić information content (AvgIpc) is 2.46. The first-order valence-corrected chi connectivity index (χ1v) is 7.44. The first-order valence-electron chi connectivity index (χ1n) is 7.44. The van der Waals surface area contributed by atoms with Crippen molar-refractivity contribution in [3.8, 4) is 0 Å². The van der Waals surface area contributed by atoms with Crippen LogP contribution in [0.5, 0.6) is 0 Å². The van der Waals surface area contributed by atoms with Gasteiger partial charge in [-0.05, 0) is 32.7 Å². The SMILES string of the molecule is CC(NCC(=O)N1CCN(C)CC1)C1CCOCC1. The lowest BCUT2D eigenvalue weighted by Crippen LogP contribution is -2.51. The Balaban J connectivity index is 1.67. The van der Waals surface area contributed by atoms with E-state index in [2.05, 4.69) is 24.2 Å². The summed E-state index contributed by atoms with van der Waals surface area (Å²) in [7, 11) is 2.10. The summed E-state index contributed by atoms with van der Waals surface area (Å²) in [6.07, 6.45) is 2.22. The Morgan fingerprint density at radius 2 is 1.89 bits per heavy atom. The van der Waals surface area contributed by atoms with E-state index in [4.69, 9.17) is 4.74 Å². The second-order valence-electron chi connectivity index (χ2n) is 5.80. The van der Waals surface area contributed by atoms with Crippen molar-refractivity contribution in [3.05, 3.63) is 0 Å². The molecule has 0 aromatic carbocycles. The molecule has 1 atom stereocenters. The monoisotopic (exact) mass is 269 g/mol. The largest absolute Gasteiger partial charge is 0.381 e. The Morgan fingerprint density at radius 1 is 1.26 bits per heavy atom. The van der Waals surface area contributed by atoms with Gasteiger partial charge >= 0.3 is 0 Å². The molecule has 1 N–H and O–H groups in total. The van der Waals surface area contributed by atoms with Gasteiger partial charge in [-0.1, -0.05) is 0 Å². The molecule has 0 bridgehead atoms. The summed E-state index contributed by atoms with van der Waals surface area (Å²) in [4.78, 5) is 16.4. The Morgan fingerprint density at radius 3 is 2.53 bits per heavy atom. The minimum Gasteiger partial charge on any atom is -0.381 e. The van der Waals surface area contributed by atoms with Crippen LogP contribution in [0.3, 0.4) is 0 Å². The van der Waals surface area contributed by atoms with Crippen LogP contribution in [-0.2, 0) is 9.53 Å².